The summed E-state index contributed by atoms with van der Waals surface area (Å²) in [5.41, 5.74) is 5.91. The largest absolute Gasteiger partial charge is 0.330 e. The highest BCUT2D eigenvalue weighted by atomic mass is 35.5. The van der Waals surface area contributed by atoms with E-state index in [4.69, 9.17) is 22.6 Å². The molecule has 1 unspecified atom stereocenters. The molecule has 7 heteroatoms. The van der Waals surface area contributed by atoms with Crippen molar-refractivity contribution in [1.29, 1.82) is 5.26 Å². The quantitative estimate of drug-likeness (QED) is 0.917. The Kier molecular flexibility index (Phi) is 4.66. The lowest BCUT2D eigenvalue weighted by Crippen LogP contribution is -2.42. The summed E-state index contributed by atoms with van der Waals surface area (Å²) in [5, 5.41) is 9.03. The Morgan fingerprint density at radius 3 is 2.90 bits per heavy atom. The van der Waals surface area contributed by atoms with E-state index in [-0.39, 0.29) is 21.4 Å². The fourth-order valence-electron chi connectivity index (χ4n) is 2.35. The van der Waals surface area contributed by atoms with Crippen molar-refractivity contribution in [3.8, 4) is 6.07 Å². The van der Waals surface area contributed by atoms with E-state index >= 15 is 0 Å². The van der Waals surface area contributed by atoms with Crippen molar-refractivity contribution in [3.05, 3.63) is 28.8 Å². The van der Waals surface area contributed by atoms with Crippen LogP contribution in [0.2, 0.25) is 5.02 Å². The summed E-state index contributed by atoms with van der Waals surface area (Å²) in [6.07, 6.45) is 1.73. The number of nitrogens with two attached hydrogens (primary N) is 1. The van der Waals surface area contributed by atoms with Crippen LogP contribution in [-0.2, 0) is 10.0 Å². The number of hydrogen-bond donors (Lipinski definition) is 1. The van der Waals surface area contributed by atoms with Crippen LogP contribution in [0, 0.1) is 17.2 Å². The Balaban J connectivity index is 2.37. The summed E-state index contributed by atoms with van der Waals surface area (Å²) in [4.78, 5) is -0.00381. The van der Waals surface area contributed by atoms with Crippen LogP contribution in [0.15, 0.2) is 23.1 Å². The normalized spacial score (nSPS) is 20.6. The van der Waals surface area contributed by atoms with Crippen LogP contribution in [0.25, 0.3) is 0 Å². The highest BCUT2D eigenvalue weighted by Gasteiger charge is 2.31. The van der Waals surface area contributed by atoms with Crippen molar-refractivity contribution in [2.75, 3.05) is 19.6 Å². The maximum atomic E-state index is 12.6. The first-order valence-corrected chi connectivity index (χ1v) is 8.20. The van der Waals surface area contributed by atoms with Crippen LogP contribution in [0.1, 0.15) is 18.4 Å². The van der Waals surface area contributed by atoms with E-state index in [9.17, 15) is 8.42 Å². The van der Waals surface area contributed by atoms with Crippen LogP contribution in [0.3, 0.4) is 0 Å². The molecule has 0 bridgehead atoms. The molecule has 0 amide bonds. The number of halogens is 1. The molecule has 1 fully saturated rings. The number of hydrogen-bond acceptors (Lipinski definition) is 4. The smallest absolute Gasteiger partial charge is 0.244 e. The Morgan fingerprint density at radius 2 is 2.25 bits per heavy atom. The third kappa shape index (κ3) is 2.96. The number of piperidine rings is 1. The molecular weight excluding hydrogens is 298 g/mol. The van der Waals surface area contributed by atoms with Gasteiger partial charge in [-0.3, -0.25) is 0 Å². The SMILES string of the molecule is N#Cc1ccc(Cl)c(S(=O)(=O)N2CCCC(CN)C2)c1. The third-order valence-corrected chi connectivity index (χ3v) is 5.84. The van der Waals surface area contributed by atoms with Gasteiger partial charge in [0.15, 0.2) is 0 Å². The topological polar surface area (TPSA) is 87.2 Å². The van der Waals surface area contributed by atoms with Crippen molar-refractivity contribution in [1.82, 2.24) is 4.31 Å². The zero-order valence-electron chi connectivity index (χ0n) is 10.9. The van der Waals surface area contributed by atoms with Gasteiger partial charge in [-0.05, 0) is 43.5 Å². The second-order valence-corrected chi connectivity index (χ2v) is 7.18. The average Bonchev–Trinajstić information content (AvgIpc) is 2.47. The van der Waals surface area contributed by atoms with Gasteiger partial charge in [-0.15, -0.1) is 0 Å². The Bertz CT molecular complexity index is 640. The molecule has 0 aromatic heterocycles. The summed E-state index contributed by atoms with van der Waals surface area (Å²) in [6, 6.07) is 6.19. The van der Waals surface area contributed by atoms with Crippen LogP contribution < -0.4 is 5.73 Å². The lowest BCUT2D eigenvalue weighted by Gasteiger charge is -2.31. The summed E-state index contributed by atoms with van der Waals surface area (Å²) < 4.78 is 26.7. The van der Waals surface area contributed by atoms with Gasteiger partial charge in [-0.1, -0.05) is 11.6 Å². The van der Waals surface area contributed by atoms with Crippen molar-refractivity contribution in [2.24, 2.45) is 11.7 Å². The molecular formula is C13H16ClN3O2S. The molecule has 0 saturated carbocycles. The zero-order chi connectivity index (χ0) is 14.8. The molecule has 1 saturated heterocycles. The minimum atomic E-state index is -3.67. The van der Waals surface area contributed by atoms with E-state index in [0.29, 0.717) is 19.6 Å². The molecule has 0 aliphatic carbocycles. The molecule has 1 heterocycles. The van der Waals surface area contributed by atoms with Gasteiger partial charge < -0.3 is 5.73 Å². The lowest BCUT2D eigenvalue weighted by atomic mass is 10.0. The maximum Gasteiger partial charge on any atom is 0.244 e. The lowest BCUT2D eigenvalue weighted by molar-refractivity contribution is 0.271. The van der Waals surface area contributed by atoms with Gasteiger partial charge in [0.2, 0.25) is 10.0 Å². The van der Waals surface area contributed by atoms with Gasteiger partial charge in [0.05, 0.1) is 16.7 Å². The molecule has 108 valence electrons. The van der Waals surface area contributed by atoms with E-state index in [1.807, 2.05) is 6.07 Å². The van der Waals surface area contributed by atoms with Gasteiger partial charge in [0.1, 0.15) is 4.90 Å². The Morgan fingerprint density at radius 1 is 1.50 bits per heavy atom. The number of rotatable bonds is 3. The van der Waals surface area contributed by atoms with Crippen molar-refractivity contribution >= 4 is 21.6 Å². The molecule has 1 aliphatic heterocycles. The van der Waals surface area contributed by atoms with Gasteiger partial charge >= 0.3 is 0 Å². The van der Waals surface area contributed by atoms with Crippen LogP contribution in [-0.4, -0.2) is 32.4 Å². The first-order valence-electron chi connectivity index (χ1n) is 6.39. The molecule has 5 nitrogen and oxygen atoms in total. The molecule has 1 atom stereocenters. The van der Waals surface area contributed by atoms with E-state index in [2.05, 4.69) is 0 Å². The Labute approximate surface area is 124 Å². The Hall–Kier alpha value is -1.13. The average molecular weight is 314 g/mol. The van der Waals surface area contributed by atoms with Crippen molar-refractivity contribution in [2.45, 2.75) is 17.7 Å². The highest BCUT2D eigenvalue weighted by molar-refractivity contribution is 7.89. The fourth-order valence-corrected chi connectivity index (χ4v) is 4.40. The predicted molar refractivity (Wildman–Crippen MR) is 76.7 cm³/mol. The van der Waals surface area contributed by atoms with Gasteiger partial charge in [0, 0.05) is 13.1 Å². The summed E-state index contributed by atoms with van der Waals surface area (Å²) in [5.74, 6) is 0.177. The minimum absolute atomic E-state index is 0.00381. The second-order valence-electron chi connectivity index (χ2n) is 4.86. The maximum absolute atomic E-state index is 12.6. The molecule has 1 aliphatic rings. The first-order chi connectivity index (χ1) is 9.48. The molecule has 1 aromatic rings. The molecule has 2 N–H and O–H groups in total. The molecule has 0 radical (unpaired) electrons. The first kappa shape index (κ1) is 15.3. The molecule has 2 rings (SSSR count). The second kappa shape index (κ2) is 6.10. The highest BCUT2D eigenvalue weighted by Crippen LogP contribution is 2.28. The minimum Gasteiger partial charge on any atom is -0.330 e. The predicted octanol–water partition coefficient (Wildman–Crippen LogP) is 1.57. The van der Waals surface area contributed by atoms with Crippen molar-refractivity contribution < 1.29 is 8.42 Å². The number of sulfonamides is 1. The number of nitrogens with zero attached hydrogens (tertiary/aromatic N) is 2. The number of nitriles is 1. The van der Waals surface area contributed by atoms with Crippen LogP contribution in [0.4, 0.5) is 0 Å². The van der Waals surface area contributed by atoms with E-state index in [1.54, 1.807) is 0 Å². The summed E-state index contributed by atoms with van der Waals surface area (Å²) in [6.45, 7) is 1.34. The fraction of sp³-hybridized carbons (Fsp3) is 0.462. The van der Waals surface area contributed by atoms with Gasteiger partial charge in [-0.25, -0.2) is 8.42 Å². The van der Waals surface area contributed by atoms with Gasteiger partial charge in [-0.2, -0.15) is 9.57 Å². The standard InChI is InChI=1S/C13H16ClN3O2S/c14-12-4-3-10(7-15)6-13(12)20(18,19)17-5-1-2-11(8-16)9-17/h3-4,6,11H,1-2,5,8-9,16H2. The monoisotopic (exact) mass is 313 g/mol. The number of benzene rings is 1. The summed E-state index contributed by atoms with van der Waals surface area (Å²) in [7, 11) is -3.67. The van der Waals surface area contributed by atoms with Gasteiger partial charge in [0.25, 0.3) is 0 Å². The molecule has 0 spiro atoms. The molecule has 20 heavy (non-hydrogen) atoms. The summed E-state index contributed by atoms with van der Waals surface area (Å²) >= 11 is 5.99. The van der Waals surface area contributed by atoms with Crippen LogP contribution >= 0.6 is 11.6 Å². The third-order valence-electron chi connectivity index (χ3n) is 3.49. The van der Waals surface area contributed by atoms with Crippen LogP contribution in [0.5, 0.6) is 0 Å². The zero-order valence-corrected chi connectivity index (χ0v) is 12.5. The van der Waals surface area contributed by atoms with E-state index in [1.165, 1.54) is 22.5 Å². The van der Waals surface area contributed by atoms with Crippen molar-refractivity contribution in [3.63, 3.8) is 0 Å². The van der Waals surface area contributed by atoms with E-state index < -0.39 is 10.0 Å². The molecule has 1 aromatic carbocycles. The van der Waals surface area contributed by atoms with E-state index in [0.717, 1.165) is 12.8 Å².